The zero-order valence-corrected chi connectivity index (χ0v) is 12.4. The number of nitrogens with two attached hydrogens (primary N) is 1. The molecule has 1 aromatic heterocycles. The highest BCUT2D eigenvalue weighted by Gasteiger charge is 2.15. The summed E-state index contributed by atoms with van der Waals surface area (Å²) in [5.41, 5.74) is 6.16. The zero-order chi connectivity index (χ0) is 14.9. The summed E-state index contributed by atoms with van der Waals surface area (Å²) in [6, 6.07) is 3.58. The third kappa shape index (κ3) is 5.57. The number of amides is 1. The van der Waals surface area contributed by atoms with Crippen molar-refractivity contribution >= 4 is 11.7 Å². The number of nitrogens with zero attached hydrogens (tertiary/aromatic N) is 1. The number of pyridine rings is 1. The van der Waals surface area contributed by atoms with E-state index in [2.05, 4.69) is 22.1 Å². The highest BCUT2D eigenvalue weighted by Crippen LogP contribution is 2.27. The fraction of sp³-hybridized carbons (Fsp3) is 0.529. The molecule has 21 heavy (non-hydrogen) atoms. The number of carbonyl (C=O) groups is 1. The predicted octanol–water partition coefficient (Wildman–Crippen LogP) is 2.69. The Morgan fingerprint density at radius 3 is 2.95 bits per heavy atom. The Bertz CT molecular complexity index is 524. The third-order valence-corrected chi connectivity index (χ3v) is 3.87. The lowest BCUT2D eigenvalue weighted by atomic mass is 9.86. The Balaban J connectivity index is 1.81. The summed E-state index contributed by atoms with van der Waals surface area (Å²) in [5.74, 6) is 7.05. The van der Waals surface area contributed by atoms with E-state index >= 15 is 0 Å². The number of hydrogen-bond donors (Lipinski definition) is 2. The van der Waals surface area contributed by atoms with Crippen LogP contribution in [0.1, 0.15) is 50.5 Å². The Morgan fingerprint density at radius 2 is 2.19 bits per heavy atom. The van der Waals surface area contributed by atoms with Gasteiger partial charge in [-0.05, 0) is 24.5 Å². The molecule has 4 heteroatoms. The van der Waals surface area contributed by atoms with Gasteiger partial charge in [0.15, 0.2) is 0 Å². The molecule has 0 unspecified atom stereocenters. The first kappa shape index (κ1) is 15.5. The number of carbonyl (C=O) groups excluding carboxylic acids is 1. The van der Waals surface area contributed by atoms with Gasteiger partial charge in [-0.15, -0.1) is 0 Å². The molecule has 0 atom stereocenters. The van der Waals surface area contributed by atoms with Crippen molar-refractivity contribution in [1.82, 2.24) is 4.98 Å². The molecule has 0 aliphatic heterocycles. The SMILES string of the molecule is NCC#Cc1ccnc(NC(=O)CCC2CCCCC2)c1. The van der Waals surface area contributed by atoms with Crippen LogP contribution in [-0.4, -0.2) is 17.4 Å². The van der Waals surface area contributed by atoms with Crippen molar-refractivity contribution in [3.63, 3.8) is 0 Å². The second-order valence-electron chi connectivity index (χ2n) is 5.53. The van der Waals surface area contributed by atoms with Gasteiger partial charge >= 0.3 is 0 Å². The summed E-state index contributed by atoms with van der Waals surface area (Å²) in [5, 5.41) is 2.85. The summed E-state index contributed by atoms with van der Waals surface area (Å²) in [7, 11) is 0. The minimum absolute atomic E-state index is 0.0389. The number of aromatic nitrogens is 1. The smallest absolute Gasteiger partial charge is 0.225 e. The molecule has 0 radical (unpaired) electrons. The summed E-state index contributed by atoms with van der Waals surface area (Å²) >= 11 is 0. The monoisotopic (exact) mass is 285 g/mol. The molecule has 0 bridgehead atoms. The van der Waals surface area contributed by atoms with Gasteiger partial charge in [-0.3, -0.25) is 4.79 Å². The maximum atomic E-state index is 12.0. The predicted molar refractivity (Wildman–Crippen MR) is 84.6 cm³/mol. The molecule has 2 rings (SSSR count). The van der Waals surface area contributed by atoms with Crippen molar-refractivity contribution < 1.29 is 4.79 Å². The average Bonchev–Trinajstić information content (AvgIpc) is 2.52. The van der Waals surface area contributed by atoms with Crippen molar-refractivity contribution in [3.05, 3.63) is 23.9 Å². The first-order valence-corrected chi connectivity index (χ1v) is 7.73. The van der Waals surface area contributed by atoms with Gasteiger partial charge in [0, 0.05) is 18.2 Å². The number of rotatable bonds is 4. The lowest BCUT2D eigenvalue weighted by molar-refractivity contribution is -0.116. The van der Waals surface area contributed by atoms with Crippen molar-refractivity contribution in [2.45, 2.75) is 44.9 Å². The first-order chi connectivity index (χ1) is 10.3. The zero-order valence-electron chi connectivity index (χ0n) is 12.4. The molecule has 1 aromatic rings. The number of anilines is 1. The number of nitrogens with one attached hydrogen (secondary N) is 1. The summed E-state index contributed by atoms with van der Waals surface area (Å²) in [6.07, 6.45) is 9.74. The summed E-state index contributed by atoms with van der Waals surface area (Å²) < 4.78 is 0. The largest absolute Gasteiger partial charge is 0.320 e. The van der Waals surface area contributed by atoms with Gasteiger partial charge < -0.3 is 11.1 Å². The van der Waals surface area contributed by atoms with E-state index in [1.165, 1.54) is 32.1 Å². The highest BCUT2D eigenvalue weighted by molar-refractivity contribution is 5.89. The molecule has 1 heterocycles. The second-order valence-corrected chi connectivity index (χ2v) is 5.53. The molecule has 4 nitrogen and oxygen atoms in total. The minimum atomic E-state index is 0.0389. The van der Waals surface area contributed by atoms with Gasteiger partial charge in [0.25, 0.3) is 0 Å². The van der Waals surface area contributed by atoms with Crippen LogP contribution in [-0.2, 0) is 4.79 Å². The molecule has 1 aliphatic carbocycles. The first-order valence-electron chi connectivity index (χ1n) is 7.73. The van der Waals surface area contributed by atoms with Crippen LogP contribution in [0.15, 0.2) is 18.3 Å². The third-order valence-electron chi connectivity index (χ3n) is 3.87. The van der Waals surface area contributed by atoms with Crippen LogP contribution < -0.4 is 11.1 Å². The lowest BCUT2D eigenvalue weighted by Gasteiger charge is -2.20. The van der Waals surface area contributed by atoms with Gasteiger partial charge in [-0.25, -0.2) is 4.98 Å². The van der Waals surface area contributed by atoms with Crippen molar-refractivity contribution in [3.8, 4) is 11.8 Å². The van der Waals surface area contributed by atoms with E-state index in [0.29, 0.717) is 18.8 Å². The number of hydrogen-bond acceptors (Lipinski definition) is 3. The molecule has 0 saturated heterocycles. The van der Waals surface area contributed by atoms with Crippen LogP contribution in [0.25, 0.3) is 0 Å². The minimum Gasteiger partial charge on any atom is -0.320 e. The Morgan fingerprint density at radius 1 is 1.38 bits per heavy atom. The fourth-order valence-electron chi connectivity index (χ4n) is 2.75. The van der Waals surface area contributed by atoms with E-state index in [0.717, 1.165) is 17.9 Å². The Labute approximate surface area is 126 Å². The molecule has 112 valence electrons. The van der Waals surface area contributed by atoms with Crippen molar-refractivity contribution in [2.75, 3.05) is 11.9 Å². The molecule has 3 N–H and O–H groups in total. The molecule has 1 saturated carbocycles. The molecular weight excluding hydrogens is 262 g/mol. The van der Waals surface area contributed by atoms with E-state index in [4.69, 9.17) is 5.73 Å². The lowest BCUT2D eigenvalue weighted by Crippen LogP contribution is -2.15. The van der Waals surface area contributed by atoms with Gasteiger partial charge in [0.1, 0.15) is 5.82 Å². The maximum Gasteiger partial charge on any atom is 0.225 e. The van der Waals surface area contributed by atoms with Gasteiger partial charge in [0.05, 0.1) is 6.54 Å². The van der Waals surface area contributed by atoms with E-state index < -0.39 is 0 Å². The standard InChI is InChI=1S/C17H23N3O/c18-11-4-7-15-10-12-19-16(13-15)20-17(21)9-8-14-5-2-1-3-6-14/h10,12-14H,1-3,5-6,8-9,11,18H2,(H,19,20,21). The Kier molecular flexibility index (Phi) is 6.23. The molecular formula is C17H23N3O. The maximum absolute atomic E-state index is 12.0. The topological polar surface area (TPSA) is 68.0 Å². The molecule has 1 aliphatic rings. The summed E-state index contributed by atoms with van der Waals surface area (Å²) in [4.78, 5) is 16.1. The van der Waals surface area contributed by atoms with Crippen LogP contribution >= 0.6 is 0 Å². The Hall–Kier alpha value is -1.86. The molecule has 1 amide bonds. The van der Waals surface area contributed by atoms with Crippen LogP contribution in [0.2, 0.25) is 0 Å². The van der Waals surface area contributed by atoms with E-state index in [1.54, 1.807) is 18.3 Å². The van der Waals surface area contributed by atoms with Crippen molar-refractivity contribution in [2.24, 2.45) is 11.7 Å². The van der Waals surface area contributed by atoms with Crippen LogP contribution in [0, 0.1) is 17.8 Å². The fourth-order valence-corrected chi connectivity index (χ4v) is 2.75. The second kappa shape index (κ2) is 8.43. The normalized spacial score (nSPS) is 15.1. The van der Waals surface area contributed by atoms with Crippen LogP contribution in [0.5, 0.6) is 0 Å². The van der Waals surface area contributed by atoms with Gasteiger partial charge in [0.2, 0.25) is 5.91 Å². The van der Waals surface area contributed by atoms with E-state index in [9.17, 15) is 4.79 Å². The van der Waals surface area contributed by atoms with Gasteiger partial charge in [-0.1, -0.05) is 43.9 Å². The van der Waals surface area contributed by atoms with Crippen LogP contribution in [0.4, 0.5) is 5.82 Å². The molecule has 1 fully saturated rings. The van der Waals surface area contributed by atoms with Crippen molar-refractivity contribution in [1.29, 1.82) is 0 Å². The van der Waals surface area contributed by atoms with Gasteiger partial charge in [-0.2, -0.15) is 0 Å². The highest BCUT2D eigenvalue weighted by atomic mass is 16.1. The average molecular weight is 285 g/mol. The quantitative estimate of drug-likeness (QED) is 0.836. The summed E-state index contributed by atoms with van der Waals surface area (Å²) in [6.45, 7) is 0.325. The van der Waals surface area contributed by atoms with Crippen LogP contribution in [0.3, 0.4) is 0 Å². The van der Waals surface area contributed by atoms with E-state index in [1.807, 2.05) is 0 Å². The van der Waals surface area contributed by atoms with E-state index in [-0.39, 0.29) is 5.91 Å². The molecule has 0 spiro atoms. The molecule has 0 aromatic carbocycles.